The maximum atomic E-state index is 5.84. The summed E-state index contributed by atoms with van der Waals surface area (Å²) in [6, 6.07) is 3.63. The van der Waals surface area contributed by atoms with Crippen LogP contribution in [0.15, 0.2) is 24.8 Å². The number of nitrogens with one attached hydrogen (secondary N) is 1. The van der Waals surface area contributed by atoms with E-state index in [0.717, 1.165) is 12.2 Å². The molecule has 0 fully saturated rings. The van der Waals surface area contributed by atoms with Gasteiger partial charge >= 0.3 is 0 Å². The van der Waals surface area contributed by atoms with E-state index in [1.54, 1.807) is 6.07 Å². The highest BCUT2D eigenvalue weighted by Gasteiger charge is 2.05. The lowest BCUT2D eigenvalue weighted by molar-refractivity contribution is 0.149. The molecular formula is C15H25N3O2. The van der Waals surface area contributed by atoms with E-state index in [-0.39, 0.29) is 0 Å². The molecule has 0 amide bonds. The Labute approximate surface area is 121 Å². The Bertz CT molecular complexity index is 408. The number of hydrogen-bond acceptors (Lipinski definition) is 5. The summed E-state index contributed by atoms with van der Waals surface area (Å²) in [6.45, 7) is 10.4. The number of nitrogen functional groups attached to an aromatic ring is 1. The summed E-state index contributed by atoms with van der Waals surface area (Å²) in [5, 5.41) is 3.18. The lowest BCUT2D eigenvalue weighted by Gasteiger charge is -2.12. The molecular weight excluding hydrogens is 254 g/mol. The Morgan fingerprint density at radius 2 is 2.20 bits per heavy atom. The van der Waals surface area contributed by atoms with Crippen LogP contribution < -0.4 is 15.8 Å². The Kier molecular flexibility index (Phi) is 7.50. The van der Waals surface area contributed by atoms with Gasteiger partial charge in [0.25, 0.3) is 0 Å². The highest BCUT2D eigenvalue weighted by molar-refractivity contribution is 5.53. The third-order valence-electron chi connectivity index (χ3n) is 2.46. The molecule has 0 aliphatic heterocycles. The third-order valence-corrected chi connectivity index (χ3v) is 2.46. The first-order valence-electron chi connectivity index (χ1n) is 6.95. The second-order valence-corrected chi connectivity index (χ2v) is 4.91. The van der Waals surface area contributed by atoms with Crippen molar-refractivity contribution < 1.29 is 9.47 Å². The zero-order valence-corrected chi connectivity index (χ0v) is 12.4. The minimum atomic E-state index is 0.436. The van der Waals surface area contributed by atoms with Crippen molar-refractivity contribution in [2.24, 2.45) is 5.92 Å². The van der Waals surface area contributed by atoms with Gasteiger partial charge in [-0.05, 0) is 24.5 Å². The van der Waals surface area contributed by atoms with Crippen LogP contribution in [0.2, 0.25) is 0 Å². The number of nitrogens with zero attached hydrogens (tertiary/aromatic N) is 1. The summed E-state index contributed by atoms with van der Waals surface area (Å²) < 4.78 is 11.0. The maximum Gasteiger partial charge on any atom is 0.239 e. The Morgan fingerprint density at radius 3 is 2.90 bits per heavy atom. The summed E-state index contributed by atoms with van der Waals surface area (Å²) in [4.78, 5) is 4.35. The fourth-order valence-corrected chi connectivity index (χ4v) is 1.43. The van der Waals surface area contributed by atoms with Crippen molar-refractivity contribution in [2.75, 3.05) is 37.4 Å². The quantitative estimate of drug-likeness (QED) is 0.509. The molecule has 1 aromatic heterocycles. The van der Waals surface area contributed by atoms with Gasteiger partial charge in [0.1, 0.15) is 5.82 Å². The van der Waals surface area contributed by atoms with Crippen molar-refractivity contribution in [1.82, 2.24) is 4.98 Å². The first-order chi connectivity index (χ1) is 9.63. The van der Waals surface area contributed by atoms with Gasteiger partial charge < -0.3 is 20.5 Å². The lowest BCUT2D eigenvalue weighted by atomic mass is 10.2. The van der Waals surface area contributed by atoms with Crippen LogP contribution in [0.4, 0.5) is 11.5 Å². The normalized spacial score (nSPS) is 10.6. The van der Waals surface area contributed by atoms with Gasteiger partial charge in [-0.25, -0.2) is 0 Å². The van der Waals surface area contributed by atoms with Gasteiger partial charge in [0.2, 0.25) is 5.88 Å². The minimum Gasteiger partial charge on any atom is -0.476 e. The molecule has 0 aliphatic rings. The minimum absolute atomic E-state index is 0.436. The number of nitrogens with two attached hydrogens (primary N) is 1. The molecule has 112 valence electrons. The standard InChI is InChI=1S/C15H25N3O2/c1-4-5-9-19-10-8-17-14-7-6-13(16)15(18-14)20-11-12(2)3/h4,6-7,12H,1,5,8-11,16H2,2-3H3,(H,17,18). The van der Waals surface area contributed by atoms with Crippen LogP contribution in [0.25, 0.3) is 0 Å². The van der Waals surface area contributed by atoms with E-state index < -0.39 is 0 Å². The molecule has 1 heterocycles. The predicted molar refractivity (Wildman–Crippen MR) is 83.1 cm³/mol. The molecule has 1 rings (SSSR count). The topological polar surface area (TPSA) is 69.4 Å². The number of hydrogen-bond donors (Lipinski definition) is 2. The number of ether oxygens (including phenoxy) is 2. The van der Waals surface area contributed by atoms with Gasteiger partial charge in [0, 0.05) is 6.54 Å². The van der Waals surface area contributed by atoms with Crippen molar-refractivity contribution >= 4 is 11.5 Å². The second-order valence-electron chi connectivity index (χ2n) is 4.91. The molecule has 3 N–H and O–H groups in total. The number of rotatable bonds is 10. The first kappa shape index (κ1) is 16.3. The predicted octanol–water partition coefficient (Wildman–Crippen LogP) is 2.70. The Balaban J connectivity index is 2.38. The summed E-state index contributed by atoms with van der Waals surface area (Å²) in [6.07, 6.45) is 2.71. The van der Waals surface area contributed by atoms with Crippen molar-refractivity contribution in [3.8, 4) is 5.88 Å². The van der Waals surface area contributed by atoms with E-state index in [1.807, 2.05) is 12.1 Å². The van der Waals surface area contributed by atoms with Crippen LogP contribution in [-0.2, 0) is 4.74 Å². The van der Waals surface area contributed by atoms with E-state index in [9.17, 15) is 0 Å². The monoisotopic (exact) mass is 279 g/mol. The molecule has 0 radical (unpaired) electrons. The lowest BCUT2D eigenvalue weighted by Crippen LogP contribution is -2.12. The molecule has 0 aliphatic carbocycles. The zero-order chi connectivity index (χ0) is 14.8. The van der Waals surface area contributed by atoms with Gasteiger partial charge in [0.05, 0.1) is 25.5 Å². The molecule has 0 saturated heterocycles. The average Bonchev–Trinajstić information content (AvgIpc) is 2.42. The summed E-state index contributed by atoms with van der Waals surface area (Å²) in [5.74, 6) is 1.66. The van der Waals surface area contributed by atoms with Crippen LogP contribution in [-0.4, -0.2) is 31.3 Å². The Morgan fingerprint density at radius 1 is 1.40 bits per heavy atom. The van der Waals surface area contributed by atoms with Crippen LogP contribution in [0.5, 0.6) is 5.88 Å². The smallest absolute Gasteiger partial charge is 0.239 e. The number of pyridine rings is 1. The van der Waals surface area contributed by atoms with E-state index in [0.29, 0.717) is 43.9 Å². The fraction of sp³-hybridized carbons (Fsp3) is 0.533. The average molecular weight is 279 g/mol. The largest absolute Gasteiger partial charge is 0.476 e. The molecule has 0 saturated carbocycles. The highest BCUT2D eigenvalue weighted by Crippen LogP contribution is 2.21. The van der Waals surface area contributed by atoms with Gasteiger partial charge in [-0.2, -0.15) is 4.98 Å². The van der Waals surface area contributed by atoms with Gasteiger partial charge in [-0.3, -0.25) is 0 Å². The molecule has 1 aromatic rings. The van der Waals surface area contributed by atoms with Crippen molar-refractivity contribution in [3.63, 3.8) is 0 Å². The molecule has 0 unspecified atom stereocenters. The zero-order valence-electron chi connectivity index (χ0n) is 12.4. The van der Waals surface area contributed by atoms with Crippen LogP contribution in [0.3, 0.4) is 0 Å². The van der Waals surface area contributed by atoms with E-state index in [1.165, 1.54) is 0 Å². The maximum absolute atomic E-state index is 5.84. The third kappa shape index (κ3) is 6.43. The summed E-state index contributed by atoms with van der Waals surface area (Å²) in [7, 11) is 0. The van der Waals surface area contributed by atoms with Gasteiger partial charge in [0.15, 0.2) is 0 Å². The SMILES string of the molecule is C=CCCOCCNc1ccc(N)c(OCC(C)C)n1. The van der Waals surface area contributed by atoms with Crippen molar-refractivity contribution in [1.29, 1.82) is 0 Å². The van der Waals surface area contributed by atoms with E-state index in [2.05, 4.69) is 30.7 Å². The molecule has 0 bridgehead atoms. The van der Waals surface area contributed by atoms with Crippen LogP contribution in [0.1, 0.15) is 20.3 Å². The number of anilines is 2. The van der Waals surface area contributed by atoms with Crippen LogP contribution in [0, 0.1) is 5.92 Å². The summed E-state index contributed by atoms with van der Waals surface area (Å²) >= 11 is 0. The van der Waals surface area contributed by atoms with E-state index in [4.69, 9.17) is 15.2 Å². The van der Waals surface area contributed by atoms with E-state index >= 15 is 0 Å². The molecule has 0 atom stereocenters. The first-order valence-corrected chi connectivity index (χ1v) is 6.95. The molecule has 0 aromatic carbocycles. The highest BCUT2D eigenvalue weighted by atomic mass is 16.5. The van der Waals surface area contributed by atoms with Gasteiger partial charge in [-0.15, -0.1) is 6.58 Å². The second kappa shape index (κ2) is 9.20. The van der Waals surface area contributed by atoms with Crippen LogP contribution >= 0.6 is 0 Å². The van der Waals surface area contributed by atoms with Crippen molar-refractivity contribution in [3.05, 3.63) is 24.8 Å². The molecule has 5 heteroatoms. The summed E-state index contributed by atoms with van der Waals surface area (Å²) in [5.41, 5.74) is 6.39. The number of aromatic nitrogens is 1. The molecule has 0 spiro atoms. The Hall–Kier alpha value is -1.75. The molecule has 20 heavy (non-hydrogen) atoms. The van der Waals surface area contributed by atoms with Gasteiger partial charge in [-0.1, -0.05) is 19.9 Å². The molecule has 5 nitrogen and oxygen atoms in total. The van der Waals surface area contributed by atoms with Crippen molar-refractivity contribution in [2.45, 2.75) is 20.3 Å². The fourth-order valence-electron chi connectivity index (χ4n) is 1.43.